The zero-order chi connectivity index (χ0) is 19.8. The smallest absolute Gasteiger partial charge is 0.269 e. The molecule has 0 spiro atoms. The number of allylic oxidation sites excluding steroid dienone is 2. The number of carbonyl (C=O) groups is 1. The van der Waals surface area contributed by atoms with Crippen LogP contribution >= 0.6 is 11.8 Å². The molecule has 8 nitrogen and oxygen atoms in total. The Morgan fingerprint density at radius 1 is 1.25 bits per heavy atom. The molecule has 2 atom stereocenters. The number of nitro groups is 1. The Labute approximate surface area is 164 Å². The highest BCUT2D eigenvalue weighted by Gasteiger charge is 2.42. The number of non-ortho nitro benzene ring substituents is 1. The molecule has 0 unspecified atom stereocenters. The van der Waals surface area contributed by atoms with Gasteiger partial charge in [-0.05, 0) is 17.7 Å². The van der Waals surface area contributed by atoms with Crippen LogP contribution in [-0.4, -0.2) is 26.4 Å². The summed E-state index contributed by atoms with van der Waals surface area (Å²) in [7, 11) is 0. The second kappa shape index (κ2) is 7.23. The number of benzene rings is 1. The Balaban J connectivity index is 1.90. The average molecular weight is 398 g/mol. The van der Waals surface area contributed by atoms with E-state index in [1.807, 2.05) is 13.0 Å². The summed E-state index contributed by atoms with van der Waals surface area (Å²) in [5.41, 5.74) is 1.49. The Hall–Kier alpha value is -2.94. The minimum Gasteiger partial charge on any atom is -0.343 e. The van der Waals surface area contributed by atoms with Crippen LogP contribution in [0.15, 0.2) is 46.0 Å². The summed E-state index contributed by atoms with van der Waals surface area (Å²) < 4.78 is 0. The van der Waals surface area contributed by atoms with Crippen LogP contribution in [-0.2, 0) is 4.79 Å². The average Bonchev–Trinajstić information content (AvgIpc) is 2.67. The molecule has 1 aliphatic heterocycles. The summed E-state index contributed by atoms with van der Waals surface area (Å²) in [4.78, 5) is 43.5. The molecule has 0 radical (unpaired) electrons. The molecule has 4 rings (SSSR count). The lowest BCUT2D eigenvalue weighted by atomic mass is 9.72. The van der Waals surface area contributed by atoms with Crippen molar-refractivity contribution in [2.75, 3.05) is 11.1 Å². The van der Waals surface area contributed by atoms with E-state index in [-0.39, 0.29) is 17.0 Å². The molecule has 0 saturated carbocycles. The van der Waals surface area contributed by atoms with E-state index in [9.17, 15) is 19.7 Å². The molecule has 0 fully saturated rings. The lowest BCUT2D eigenvalue weighted by Crippen LogP contribution is -2.38. The maximum atomic E-state index is 12.9. The van der Waals surface area contributed by atoms with E-state index in [4.69, 9.17) is 0 Å². The van der Waals surface area contributed by atoms with Gasteiger partial charge in [0.15, 0.2) is 5.16 Å². The molecule has 2 heterocycles. The third kappa shape index (κ3) is 3.11. The molecule has 0 amide bonds. The van der Waals surface area contributed by atoms with Gasteiger partial charge in [0.2, 0.25) is 0 Å². The molecule has 1 aromatic heterocycles. The first-order valence-electron chi connectivity index (χ1n) is 9.00. The molecule has 0 bridgehead atoms. The first-order chi connectivity index (χ1) is 13.5. The minimum atomic E-state index is -0.534. The number of nitro benzene ring substituents is 1. The number of nitrogens with one attached hydrogen (secondary N) is 2. The summed E-state index contributed by atoms with van der Waals surface area (Å²) in [5.74, 6) is 0.200. The molecule has 2 N–H and O–H groups in total. The standard InChI is InChI=1S/C19H18N4O4S/c1-2-28-19-21-17-16(18(25)22-19)14(10-6-8-11(9-7-10)23(26)27)15-12(20-17)4-3-5-13(15)24/h4,6-9,14-15H,2-3,5H2,1H3,(H2,20,21,22,25)/t14-,15-/m1/s1. The number of Topliss-reactive ketones (excluding diaryl/α,β-unsaturated/α-hetero) is 1. The summed E-state index contributed by atoms with van der Waals surface area (Å²) in [6, 6.07) is 6.03. The third-order valence-electron chi connectivity index (χ3n) is 5.02. The number of ketones is 1. The second-order valence-electron chi connectivity index (χ2n) is 6.66. The first-order valence-corrected chi connectivity index (χ1v) is 9.99. The van der Waals surface area contributed by atoms with Crippen LogP contribution in [0.25, 0.3) is 0 Å². The molecule has 28 heavy (non-hydrogen) atoms. The van der Waals surface area contributed by atoms with Crippen molar-refractivity contribution in [1.29, 1.82) is 0 Å². The lowest BCUT2D eigenvalue weighted by molar-refractivity contribution is -0.384. The van der Waals surface area contributed by atoms with Gasteiger partial charge in [0.05, 0.1) is 16.4 Å². The van der Waals surface area contributed by atoms with Gasteiger partial charge in [-0.25, -0.2) is 4.98 Å². The SMILES string of the molecule is CCSc1nc2c(c(=O)[nH]1)[C@H](c1ccc([N+](=O)[O-])cc1)[C@H]1C(=O)CCC=C1N2. The molecule has 0 saturated heterocycles. The molecule has 1 aliphatic carbocycles. The van der Waals surface area contributed by atoms with Gasteiger partial charge < -0.3 is 10.3 Å². The van der Waals surface area contributed by atoms with E-state index in [1.165, 1.54) is 23.9 Å². The number of fused-ring (bicyclic) bond motifs is 2. The minimum absolute atomic E-state index is 0.0367. The fourth-order valence-electron chi connectivity index (χ4n) is 3.84. The number of thioether (sulfide) groups is 1. The maximum Gasteiger partial charge on any atom is 0.269 e. The van der Waals surface area contributed by atoms with E-state index in [0.717, 1.165) is 11.4 Å². The molecule has 144 valence electrons. The largest absolute Gasteiger partial charge is 0.343 e. The van der Waals surface area contributed by atoms with E-state index in [1.54, 1.807) is 12.1 Å². The van der Waals surface area contributed by atoms with E-state index in [0.29, 0.717) is 34.9 Å². The van der Waals surface area contributed by atoms with Gasteiger partial charge in [-0.3, -0.25) is 19.7 Å². The van der Waals surface area contributed by atoms with Crippen LogP contribution in [0.1, 0.15) is 36.8 Å². The Bertz CT molecular complexity index is 1040. The van der Waals surface area contributed by atoms with Crippen LogP contribution in [0.4, 0.5) is 11.5 Å². The number of H-pyrrole nitrogens is 1. The fraction of sp³-hybridized carbons (Fsp3) is 0.316. The van der Waals surface area contributed by atoms with Gasteiger partial charge in [0, 0.05) is 30.2 Å². The molecular formula is C19H18N4O4S. The predicted molar refractivity (Wildman–Crippen MR) is 106 cm³/mol. The van der Waals surface area contributed by atoms with Gasteiger partial charge in [-0.1, -0.05) is 36.9 Å². The van der Waals surface area contributed by atoms with Gasteiger partial charge in [0.25, 0.3) is 11.2 Å². The monoisotopic (exact) mass is 398 g/mol. The number of rotatable bonds is 4. The molecule has 2 aromatic rings. The van der Waals surface area contributed by atoms with Crippen molar-refractivity contribution in [2.24, 2.45) is 5.92 Å². The van der Waals surface area contributed by atoms with Crippen LogP contribution in [0.5, 0.6) is 0 Å². The van der Waals surface area contributed by atoms with Crippen molar-refractivity contribution in [2.45, 2.75) is 30.8 Å². The highest BCUT2D eigenvalue weighted by molar-refractivity contribution is 7.99. The van der Waals surface area contributed by atoms with Gasteiger partial charge in [-0.2, -0.15) is 0 Å². The van der Waals surface area contributed by atoms with Crippen molar-refractivity contribution in [3.05, 3.63) is 67.6 Å². The van der Waals surface area contributed by atoms with Crippen molar-refractivity contribution in [3.63, 3.8) is 0 Å². The van der Waals surface area contributed by atoms with Gasteiger partial charge in [-0.15, -0.1) is 0 Å². The van der Waals surface area contributed by atoms with Crippen LogP contribution in [0.2, 0.25) is 0 Å². The van der Waals surface area contributed by atoms with E-state index in [2.05, 4.69) is 15.3 Å². The van der Waals surface area contributed by atoms with Gasteiger partial charge in [0.1, 0.15) is 11.6 Å². The van der Waals surface area contributed by atoms with Crippen LogP contribution in [0.3, 0.4) is 0 Å². The van der Waals surface area contributed by atoms with Crippen molar-refractivity contribution >= 4 is 29.1 Å². The second-order valence-corrected chi connectivity index (χ2v) is 7.91. The lowest BCUT2D eigenvalue weighted by Gasteiger charge is -2.36. The summed E-state index contributed by atoms with van der Waals surface area (Å²) in [6.45, 7) is 1.97. The highest BCUT2D eigenvalue weighted by Crippen LogP contribution is 2.45. The quantitative estimate of drug-likeness (QED) is 0.351. The van der Waals surface area contributed by atoms with E-state index < -0.39 is 16.8 Å². The van der Waals surface area contributed by atoms with Crippen LogP contribution < -0.4 is 10.9 Å². The van der Waals surface area contributed by atoms with Crippen LogP contribution in [0, 0.1) is 16.0 Å². The maximum absolute atomic E-state index is 12.9. The topological polar surface area (TPSA) is 118 Å². The van der Waals surface area contributed by atoms with Crippen molar-refractivity contribution in [1.82, 2.24) is 9.97 Å². The Morgan fingerprint density at radius 2 is 2.00 bits per heavy atom. The van der Waals surface area contributed by atoms with Crippen molar-refractivity contribution < 1.29 is 9.72 Å². The number of anilines is 1. The van der Waals surface area contributed by atoms with E-state index >= 15 is 0 Å². The number of hydrogen-bond donors (Lipinski definition) is 2. The molecule has 9 heteroatoms. The number of nitrogens with zero attached hydrogens (tertiary/aromatic N) is 2. The summed E-state index contributed by atoms with van der Waals surface area (Å²) >= 11 is 1.43. The zero-order valence-corrected chi connectivity index (χ0v) is 15.9. The molecule has 2 aliphatic rings. The first kappa shape index (κ1) is 18.4. The molecule has 1 aromatic carbocycles. The normalized spacial score (nSPS) is 20.6. The predicted octanol–water partition coefficient (Wildman–Crippen LogP) is 3.21. The summed E-state index contributed by atoms with van der Waals surface area (Å²) in [6.07, 6.45) is 3.02. The third-order valence-corrected chi connectivity index (χ3v) is 5.78. The number of carbonyl (C=O) groups excluding carboxylic acids is 1. The molecular weight excluding hydrogens is 380 g/mol. The number of aromatic nitrogens is 2. The highest BCUT2D eigenvalue weighted by atomic mass is 32.2. The number of hydrogen-bond acceptors (Lipinski definition) is 7. The summed E-state index contributed by atoms with van der Waals surface area (Å²) in [5, 5.41) is 14.7. The van der Waals surface area contributed by atoms with Gasteiger partial charge >= 0.3 is 0 Å². The fourth-order valence-corrected chi connectivity index (χ4v) is 4.43. The number of aromatic amines is 1. The zero-order valence-electron chi connectivity index (χ0n) is 15.1. The van der Waals surface area contributed by atoms with Crippen molar-refractivity contribution in [3.8, 4) is 0 Å². The Kier molecular flexibility index (Phi) is 4.76. The Morgan fingerprint density at radius 3 is 2.68 bits per heavy atom.